The van der Waals surface area contributed by atoms with Crippen LogP contribution in [0.4, 0.5) is 9.18 Å². The van der Waals surface area contributed by atoms with Gasteiger partial charge in [0.15, 0.2) is 0 Å². The zero-order valence-corrected chi connectivity index (χ0v) is 18.8. The first kappa shape index (κ1) is 22.7. The number of hydrogen-bond donors (Lipinski definition) is 2. The van der Waals surface area contributed by atoms with Crippen LogP contribution < -0.4 is 11.1 Å². The Kier molecular flexibility index (Phi) is 7.11. The van der Waals surface area contributed by atoms with Gasteiger partial charge in [0.05, 0.1) is 7.11 Å². The third kappa shape index (κ3) is 4.81. The molecule has 1 saturated carbocycles. The van der Waals surface area contributed by atoms with Crippen LogP contribution in [0.15, 0.2) is 54.6 Å². The number of halogens is 1. The molecule has 4 rings (SSSR count). The molecular formula is C26H34FN3O2. The molecule has 1 aliphatic heterocycles. The van der Waals surface area contributed by atoms with Gasteiger partial charge in [-0.15, -0.1) is 0 Å². The Balaban J connectivity index is 1.56. The summed E-state index contributed by atoms with van der Waals surface area (Å²) in [5, 5.41) is 3.00. The Bertz CT molecular complexity index is 901. The van der Waals surface area contributed by atoms with Crippen molar-refractivity contribution in [1.82, 2.24) is 10.2 Å². The first-order valence-electron chi connectivity index (χ1n) is 11.7. The Hall–Kier alpha value is -2.44. The van der Waals surface area contributed by atoms with Gasteiger partial charge in [-0.3, -0.25) is 4.90 Å². The van der Waals surface area contributed by atoms with Crippen LogP contribution >= 0.6 is 0 Å². The Morgan fingerprint density at radius 2 is 1.88 bits per heavy atom. The number of likely N-dealkylation sites (tertiary alicyclic amines) is 1. The third-order valence-electron chi connectivity index (χ3n) is 7.45. The summed E-state index contributed by atoms with van der Waals surface area (Å²) in [5.74, 6) is -0.0234. The number of piperidine rings is 1. The predicted molar refractivity (Wildman–Crippen MR) is 123 cm³/mol. The maximum absolute atomic E-state index is 14.3. The van der Waals surface area contributed by atoms with Crippen LogP contribution in [0.2, 0.25) is 0 Å². The molecule has 0 spiro atoms. The second kappa shape index (κ2) is 10.0. The molecule has 2 aromatic carbocycles. The highest BCUT2D eigenvalue weighted by Crippen LogP contribution is 2.47. The number of nitrogens with two attached hydrogens (primary N) is 1. The quantitative estimate of drug-likeness (QED) is 0.699. The third-order valence-corrected chi connectivity index (χ3v) is 7.45. The highest BCUT2D eigenvalue weighted by Gasteiger charge is 2.49. The number of carbonyl (C=O) groups is 1. The van der Waals surface area contributed by atoms with Gasteiger partial charge in [-0.25, -0.2) is 9.18 Å². The zero-order valence-electron chi connectivity index (χ0n) is 18.8. The van der Waals surface area contributed by atoms with Gasteiger partial charge in [0.1, 0.15) is 5.82 Å². The van der Waals surface area contributed by atoms with Crippen molar-refractivity contribution in [1.29, 1.82) is 0 Å². The molecule has 2 aliphatic rings. The molecule has 3 atom stereocenters. The van der Waals surface area contributed by atoms with E-state index in [1.807, 2.05) is 12.1 Å². The minimum atomic E-state index is -0.705. The van der Waals surface area contributed by atoms with Crippen LogP contribution in [0.5, 0.6) is 0 Å². The molecule has 2 fully saturated rings. The van der Waals surface area contributed by atoms with Gasteiger partial charge in [0.25, 0.3) is 0 Å². The van der Waals surface area contributed by atoms with Gasteiger partial charge in [0.2, 0.25) is 0 Å². The lowest BCUT2D eigenvalue weighted by molar-refractivity contribution is 0.0752. The fraction of sp³-hybridized carbons (Fsp3) is 0.500. The molecule has 1 amide bonds. The predicted octanol–water partition coefficient (Wildman–Crippen LogP) is 4.42. The summed E-state index contributed by atoms with van der Waals surface area (Å²) in [7, 11) is 1.38. The Morgan fingerprint density at radius 1 is 1.12 bits per heavy atom. The van der Waals surface area contributed by atoms with Crippen molar-refractivity contribution in [2.75, 3.05) is 20.2 Å². The summed E-state index contributed by atoms with van der Waals surface area (Å²) in [4.78, 5) is 14.5. The van der Waals surface area contributed by atoms with E-state index in [-0.39, 0.29) is 23.7 Å². The molecule has 2 aromatic rings. The fourth-order valence-corrected chi connectivity index (χ4v) is 5.84. The van der Waals surface area contributed by atoms with Gasteiger partial charge in [-0.05, 0) is 68.0 Å². The molecule has 32 heavy (non-hydrogen) atoms. The lowest BCUT2D eigenvalue weighted by atomic mass is 9.65. The molecule has 3 unspecified atom stereocenters. The SMILES string of the molecule is COC(=O)NC1CCCC1C(N)(c1cccc(F)c1)C1CCN(Cc2ccccc2)CC1. The number of methoxy groups -OCH3 is 1. The summed E-state index contributed by atoms with van der Waals surface area (Å²) >= 11 is 0. The zero-order chi connectivity index (χ0) is 22.6. The maximum atomic E-state index is 14.3. The van der Waals surface area contributed by atoms with E-state index in [0.29, 0.717) is 0 Å². The molecular weight excluding hydrogens is 405 g/mol. The van der Waals surface area contributed by atoms with Crippen LogP contribution in [0, 0.1) is 17.7 Å². The average Bonchev–Trinajstić information content (AvgIpc) is 3.28. The minimum absolute atomic E-state index is 0.0362. The molecule has 3 N–H and O–H groups in total. The molecule has 0 aromatic heterocycles. The molecule has 172 valence electrons. The second-order valence-corrected chi connectivity index (χ2v) is 9.26. The van der Waals surface area contributed by atoms with E-state index in [9.17, 15) is 9.18 Å². The summed E-state index contributed by atoms with van der Waals surface area (Å²) in [6.07, 6.45) is 4.22. The molecule has 0 radical (unpaired) electrons. The normalized spacial score (nSPS) is 24.1. The number of benzene rings is 2. The summed E-state index contributed by atoms with van der Waals surface area (Å²) in [6, 6.07) is 17.2. The molecule has 1 saturated heterocycles. The average molecular weight is 440 g/mol. The number of nitrogens with one attached hydrogen (secondary N) is 1. The number of carbonyl (C=O) groups excluding carboxylic acids is 1. The number of rotatable bonds is 6. The first-order chi connectivity index (χ1) is 15.5. The van der Waals surface area contributed by atoms with Gasteiger partial charge < -0.3 is 15.8 Å². The van der Waals surface area contributed by atoms with Crippen LogP contribution in [-0.4, -0.2) is 37.2 Å². The van der Waals surface area contributed by atoms with Crippen LogP contribution in [0.1, 0.15) is 43.2 Å². The van der Waals surface area contributed by atoms with Crippen molar-refractivity contribution in [3.8, 4) is 0 Å². The van der Waals surface area contributed by atoms with E-state index in [1.54, 1.807) is 12.1 Å². The number of alkyl carbamates (subject to hydrolysis) is 1. The monoisotopic (exact) mass is 439 g/mol. The lowest BCUT2D eigenvalue weighted by Gasteiger charge is -2.48. The number of amides is 1. The molecule has 5 nitrogen and oxygen atoms in total. The standard InChI is InChI=1S/C26H34FN3O2/c1-32-25(31)29-24-12-6-11-23(24)26(28,21-9-5-10-22(27)17-21)20-13-15-30(16-14-20)18-19-7-3-2-4-8-19/h2-5,7-10,17,20,23-24H,6,11-16,18,28H2,1H3,(H,29,31). The van der Waals surface area contributed by atoms with Gasteiger partial charge in [-0.2, -0.15) is 0 Å². The molecule has 1 aliphatic carbocycles. The summed E-state index contributed by atoms with van der Waals surface area (Å²) in [5.41, 5.74) is 8.74. The number of hydrogen-bond acceptors (Lipinski definition) is 4. The minimum Gasteiger partial charge on any atom is -0.453 e. The lowest BCUT2D eigenvalue weighted by Crippen LogP contribution is -2.58. The van der Waals surface area contributed by atoms with Crippen LogP contribution in [-0.2, 0) is 16.8 Å². The Labute approximate surface area is 190 Å². The topological polar surface area (TPSA) is 67.6 Å². The van der Waals surface area contributed by atoms with E-state index in [0.717, 1.165) is 57.3 Å². The summed E-state index contributed by atoms with van der Waals surface area (Å²) < 4.78 is 19.1. The van der Waals surface area contributed by atoms with Crippen molar-refractivity contribution >= 4 is 6.09 Å². The molecule has 0 bridgehead atoms. The van der Waals surface area contributed by atoms with Crippen molar-refractivity contribution in [3.63, 3.8) is 0 Å². The second-order valence-electron chi connectivity index (χ2n) is 9.26. The van der Waals surface area contributed by atoms with Crippen LogP contribution in [0.3, 0.4) is 0 Å². The molecule has 6 heteroatoms. The highest BCUT2D eigenvalue weighted by atomic mass is 19.1. The van der Waals surface area contributed by atoms with Crippen LogP contribution in [0.25, 0.3) is 0 Å². The smallest absolute Gasteiger partial charge is 0.407 e. The fourth-order valence-electron chi connectivity index (χ4n) is 5.84. The number of ether oxygens (including phenoxy) is 1. The van der Waals surface area contributed by atoms with Crippen molar-refractivity contribution < 1.29 is 13.9 Å². The van der Waals surface area contributed by atoms with Gasteiger partial charge in [-0.1, -0.05) is 48.9 Å². The van der Waals surface area contributed by atoms with E-state index in [2.05, 4.69) is 34.5 Å². The van der Waals surface area contributed by atoms with E-state index >= 15 is 0 Å². The largest absolute Gasteiger partial charge is 0.453 e. The Morgan fingerprint density at radius 3 is 2.56 bits per heavy atom. The molecule has 1 heterocycles. The van der Waals surface area contributed by atoms with E-state index < -0.39 is 11.6 Å². The number of nitrogens with zero attached hydrogens (tertiary/aromatic N) is 1. The highest BCUT2D eigenvalue weighted by molar-refractivity contribution is 5.67. The van der Waals surface area contributed by atoms with Gasteiger partial charge >= 0.3 is 6.09 Å². The maximum Gasteiger partial charge on any atom is 0.407 e. The van der Waals surface area contributed by atoms with Gasteiger partial charge in [0, 0.05) is 24.0 Å². The van der Waals surface area contributed by atoms with Crippen molar-refractivity contribution in [2.24, 2.45) is 17.6 Å². The van der Waals surface area contributed by atoms with E-state index in [4.69, 9.17) is 10.5 Å². The first-order valence-corrected chi connectivity index (χ1v) is 11.7. The van der Waals surface area contributed by atoms with Crippen molar-refractivity contribution in [3.05, 3.63) is 71.5 Å². The van der Waals surface area contributed by atoms with E-state index in [1.165, 1.54) is 18.7 Å². The van der Waals surface area contributed by atoms with Crippen molar-refractivity contribution in [2.45, 2.75) is 50.2 Å². The summed E-state index contributed by atoms with van der Waals surface area (Å²) in [6.45, 7) is 2.84.